The van der Waals surface area contributed by atoms with Gasteiger partial charge in [0.05, 0.1) is 6.61 Å². The first-order chi connectivity index (χ1) is 5.88. The average molecular weight is 160 g/mol. The number of benzene rings is 1. The second-order valence-corrected chi connectivity index (χ2v) is 3.03. The van der Waals surface area contributed by atoms with Crippen LogP contribution in [0.25, 0.3) is 6.08 Å². The lowest BCUT2D eigenvalue weighted by molar-refractivity contribution is 0.324. The molecule has 0 atom stereocenters. The lowest BCUT2D eigenvalue weighted by Gasteiger charge is -2.08. The van der Waals surface area contributed by atoms with Crippen molar-refractivity contribution >= 4 is 6.08 Å². The molecule has 1 aliphatic heterocycles. The van der Waals surface area contributed by atoms with E-state index in [9.17, 15) is 0 Å². The number of aryl methyl sites for hydroxylation is 1. The van der Waals surface area contributed by atoms with E-state index in [2.05, 4.69) is 37.3 Å². The third kappa shape index (κ3) is 1.22. The van der Waals surface area contributed by atoms with Crippen LogP contribution in [0.3, 0.4) is 0 Å². The zero-order valence-electron chi connectivity index (χ0n) is 7.21. The minimum absolute atomic E-state index is 0.800. The van der Waals surface area contributed by atoms with Gasteiger partial charge in [-0.05, 0) is 18.9 Å². The molecule has 0 radical (unpaired) electrons. The number of ether oxygens (including phenoxy) is 1. The minimum Gasteiger partial charge on any atom is -0.492 e. The van der Waals surface area contributed by atoms with Gasteiger partial charge in [-0.2, -0.15) is 0 Å². The Kier molecular flexibility index (Phi) is 1.86. The van der Waals surface area contributed by atoms with Crippen LogP contribution in [0.4, 0.5) is 0 Å². The van der Waals surface area contributed by atoms with E-state index >= 15 is 0 Å². The van der Waals surface area contributed by atoms with Crippen LogP contribution >= 0.6 is 0 Å². The molecular weight excluding hydrogens is 148 g/mol. The predicted molar refractivity (Wildman–Crippen MR) is 50.3 cm³/mol. The van der Waals surface area contributed by atoms with Gasteiger partial charge in [-0.1, -0.05) is 30.4 Å². The monoisotopic (exact) mass is 160 g/mol. The first-order valence-corrected chi connectivity index (χ1v) is 4.27. The van der Waals surface area contributed by atoms with Crippen LogP contribution in [0.1, 0.15) is 17.5 Å². The quantitative estimate of drug-likeness (QED) is 0.567. The van der Waals surface area contributed by atoms with Gasteiger partial charge in [-0.15, -0.1) is 0 Å². The smallest absolute Gasteiger partial charge is 0.129 e. The van der Waals surface area contributed by atoms with E-state index in [0.717, 1.165) is 18.8 Å². The van der Waals surface area contributed by atoms with Crippen molar-refractivity contribution in [3.05, 3.63) is 35.4 Å². The molecule has 1 heterocycles. The van der Waals surface area contributed by atoms with Gasteiger partial charge in [0.2, 0.25) is 0 Å². The molecule has 1 nitrogen and oxygen atoms in total. The van der Waals surface area contributed by atoms with Gasteiger partial charge in [0, 0.05) is 5.56 Å². The molecule has 1 heteroatoms. The van der Waals surface area contributed by atoms with Gasteiger partial charge in [0.25, 0.3) is 0 Å². The third-order valence-corrected chi connectivity index (χ3v) is 2.07. The molecular formula is C11H12O. The second-order valence-electron chi connectivity index (χ2n) is 3.03. The zero-order valence-corrected chi connectivity index (χ0v) is 7.21. The molecule has 1 aromatic rings. The summed E-state index contributed by atoms with van der Waals surface area (Å²) in [6.45, 7) is 2.88. The van der Waals surface area contributed by atoms with Crippen molar-refractivity contribution in [1.82, 2.24) is 0 Å². The van der Waals surface area contributed by atoms with Gasteiger partial charge in [-0.3, -0.25) is 0 Å². The molecule has 0 unspecified atom stereocenters. The normalized spacial score (nSPS) is 14.8. The molecule has 12 heavy (non-hydrogen) atoms. The topological polar surface area (TPSA) is 9.23 Å². The summed E-state index contributed by atoms with van der Waals surface area (Å²) in [5, 5.41) is 0. The highest BCUT2D eigenvalue weighted by molar-refractivity contribution is 5.60. The van der Waals surface area contributed by atoms with E-state index in [0.29, 0.717) is 0 Å². The van der Waals surface area contributed by atoms with Crippen molar-refractivity contribution in [2.45, 2.75) is 13.3 Å². The number of fused-ring (bicyclic) bond motifs is 1. The van der Waals surface area contributed by atoms with Gasteiger partial charge in [0.1, 0.15) is 5.75 Å². The highest BCUT2D eigenvalue weighted by Crippen LogP contribution is 2.26. The predicted octanol–water partition coefficient (Wildman–Crippen LogP) is 2.79. The summed E-state index contributed by atoms with van der Waals surface area (Å²) < 4.78 is 5.62. The SMILES string of the molecule is Cc1cccc2c1OCCC=C2. The van der Waals surface area contributed by atoms with Gasteiger partial charge < -0.3 is 4.74 Å². The molecule has 0 fully saturated rings. The zero-order chi connectivity index (χ0) is 8.39. The van der Waals surface area contributed by atoms with Crippen LogP contribution < -0.4 is 4.74 Å². The van der Waals surface area contributed by atoms with Crippen molar-refractivity contribution in [2.24, 2.45) is 0 Å². The lowest BCUT2D eigenvalue weighted by atomic mass is 10.1. The van der Waals surface area contributed by atoms with Crippen molar-refractivity contribution in [1.29, 1.82) is 0 Å². The summed E-state index contributed by atoms with van der Waals surface area (Å²) in [6.07, 6.45) is 5.30. The Bertz CT molecular complexity index is 313. The molecule has 0 saturated carbocycles. The van der Waals surface area contributed by atoms with Gasteiger partial charge >= 0.3 is 0 Å². The first-order valence-electron chi connectivity index (χ1n) is 4.27. The van der Waals surface area contributed by atoms with Crippen LogP contribution in [0, 0.1) is 6.92 Å². The van der Waals surface area contributed by atoms with Crippen molar-refractivity contribution in [2.75, 3.05) is 6.61 Å². The molecule has 62 valence electrons. The van der Waals surface area contributed by atoms with Crippen LogP contribution in [0.5, 0.6) is 5.75 Å². The fraction of sp³-hybridized carbons (Fsp3) is 0.273. The minimum atomic E-state index is 0.800. The Morgan fingerprint density at radius 2 is 2.25 bits per heavy atom. The molecule has 0 saturated heterocycles. The van der Waals surface area contributed by atoms with E-state index < -0.39 is 0 Å². The van der Waals surface area contributed by atoms with E-state index in [1.165, 1.54) is 11.1 Å². The maximum absolute atomic E-state index is 5.62. The Hall–Kier alpha value is -1.24. The number of rotatable bonds is 0. The Balaban J connectivity index is 2.52. The summed E-state index contributed by atoms with van der Waals surface area (Å²) in [5.41, 5.74) is 2.42. The largest absolute Gasteiger partial charge is 0.492 e. The van der Waals surface area contributed by atoms with E-state index in [4.69, 9.17) is 4.74 Å². The molecule has 0 spiro atoms. The summed E-state index contributed by atoms with van der Waals surface area (Å²) in [7, 11) is 0. The average Bonchev–Trinajstić information content (AvgIpc) is 2.30. The molecule has 1 aromatic carbocycles. The van der Waals surface area contributed by atoms with Crippen molar-refractivity contribution in [3.63, 3.8) is 0 Å². The highest BCUT2D eigenvalue weighted by Gasteiger charge is 2.05. The summed E-state index contributed by atoms with van der Waals surface area (Å²) in [5.74, 6) is 1.05. The van der Waals surface area contributed by atoms with E-state index in [1.54, 1.807) is 0 Å². The fourth-order valence-electron chi connectivity index (χ4n) is 1.44. The van der Waals surface area contributed by atoms with Crippen LogP contribution in [0.2, 0.25) is 0 Å². The first kappa shape index (κ1) is 7.41. The molecule has 0 N–H and O–H groups in total. The van der Waals surface area contributed by atoms with E-state index in [1.807, 2.05) is 0 Å². The molecule has 0 bridgehead atoms. The molecule has 0 aliphatic carbocycles. The highest BCUT2D eigenvalue weighted by atomic mass is 16.5. The maximum Gasteiger partial charge on any atom is 0.129 e. The van der Waals surface area contributed by atoms with Crippen LogP contribution in [0.15, 0.2) is 24.3 Å². The third-order valence-electron chi connectivity index (χ3n) is 2.07. The Labute approximate surface area is 72.7 Å². The summed E-state index contributed by atoms with van der Waals surface area (Å²) in [6, 6.07) is 6.23. The number of hydrogen-bond acceptors (Lipinski definition) is 1. The Morgan fingerprint density at radius 3 is 3.17 bits per heavy atom. The van der Waals surface area contributed by atoms with Crippen LogP contribution in [-0.4, -0.2) is 6.61 Å². The standard InChI is InChI=1S/C11H12O/c1-9-5-4-7-10-6-2-3-8-12-11(9)10/h2,4-7H,3,8H2,1H3. The van der Waals surface area contributed by atoms with Crippen molar-refractivity contribution in [3.8, 4) is 5.75 Å². The summed E-state index contributed by atoms with van der Waals surface area (Å²) in [4.78, 5) is 0. The van der Waals surface area contributed by atoms with E-state index in [-0.39, 0.29) is 0 Å². The molecule has 0 amide bonds. The molecule has 1 aliphatic rings. The van der Waals surface area contributed by atoms with Gasteiger partial charge in [0.15, 0.2) is 0 Å². The molecule has 2 rings (SSSR count). The lowest BCUT2D eigenvalue weighted by Crippen LogP contribution is -1.96. The maximum atomic E-state index is 5.62. The summed E-state index contributed by atoms with van der Waals surface area (Å²) >= 11 is 0. The Morgan fingerprint density at radius 1 is 1.33 bits per heavy atom. The van der Waals surface area contributed by atoms with Crippen molar-refractivity contribution < 1.29 is 4.74 Å². The van der Waals surface area contributed by atoms with Gasteiger partial charge in [-0.25, -0.2) is 0 Å². The number of para-hydroxylation sites is 1. The second kappa shape index (κ2) is 3.02. The fourth-order valence-corrected chi connectivity index (χ4v) is 1.44. The molecule has 0 aromatic heterocycles. The van der Waals surface area contributed by atoms with Crippen LogP contribution in [-0.2, 0) is 0 Å². The number of hydrogen-bond donors (Lipinski definition) is 0.